The Hall–Kier alpha value is -4.12. The van der Waals surface area contributed by atoms with Crippen LogP contribution in [0.1, 0.15) is 28.3 Å². The molecule has 5 rings (SSSR count). The van der Waals surface area contributed by atoms with Crippen molar-refractivity contribution in [2.45, 2.75) is 45.8 Å². The van der Waals surface area contributed by atoms with Crippen LogP contribution in [0.2, 0.25) is 0 Å². The lowest BCUT2D eigenvalue weighted by Crippen LogP contribution is -2.15. The summed E-state index contributed by atoms with van der Waals surface area (Å²) in [5.41, 5.74) is 6.35. The van der Waals surface area contributed by atoms with Crippen LogP contribution < -0.4 is 14.8 Å². The summed E-state index contributed by atoms with van der Waals surface area (Å²) in [5.74, 6) is 1.84. The van der Waals surface area contributed by atoms with Gasteiger partial charge in [0.1, 0.15) is 0 Å². The van der Waals surface area contributed by atoms with Crippen molar-refractivity contribution in [2.75, 3.05) is 25.3 Å². The zero-order valence-electron chi connectivity index (χ0n) is 22.9. The SMILES string of the molecule is COc1cc2nc(SCC(=O)Nc3ccc(C)cc3C)n3nc(CCn4nc(C)cc4C)nc3c2cc1OC. The van der Waals surface area contributed by atoms with Crippen molar-refractivity contribution < 1.29 is 14.3 Å². The highest BCUT2D eigenvalue weighted by molar-refractivity contribution is 7.99. The van der Waals surface area contributed by atoms with Gasteiger partial charge in [0, 0.05) is 35.8 Å². The summed E-state index contributed by atoms with van der Waals surface area (Å²) in [6.45, 7) is 8.67. The molecule has 0 fully saturated rings. The maximum Gasteiger partial charge on any atom is 0.234 e. The Morgan fingerprint density at radius 2 is 1.74 bits per heavy atom. The number of methoxy groups -OCH3 is 2. The van der Waals surface area contributed by atoms with E-state index in [-0.39, 0.29) is 11.7 Å². The van der Waals surface area contributed by atoms with Crippen LogP contribution >= 0.6 is 11.8 Å². The first kappa shape index (κ1) is 26.5. The lowest BCUT2D eigenvalue weighted by atomic mass is 10.1. The van der Waals surface area contributed by atoms with E-state index in [0.717, 1.165) is 33.6 Å². The van der Waals surface area contributed by atoms with E-state index in [9.17, 15) is 4.79 Å². The average Bonchev–Trinajstić information content (AvgIpc) is 3.49. The van der Waals surface area contributed by atoms with Gasteiger partial charge in [0.05, 0.1) is 31.2 Å². The van der Waals surface area contributed by atoms with Crippen LogP contribution in [-0.2, 0) is 17.8 Å². The molecule has 0 spiro atoms. The molecular weight excluding hydrogens is 514 g/mol. The summed E-state index contributed by atoms with van der Waals surface area (Å²) < 4.78 is 14.7. The summed E-state index contributed by atoms with van der Waals surface area (Å²) >= 11 is 1.31. The van der Waals surface area contributed by atoms with E-state index in [1.54, 1.807) is 18.7 Å². The third-order valence-corrected chi connectivity index (χ3v) is 7.36. The average molecular weight is 546 g/mol. The van der Waals surface area contributed by atoms with Gasteiger partial charge in [-0.1, -0.05) is 29.5 Å². The third-order valence-electron chi connectivity index (χ3n) is 6.43. The Bertz CT molecular complexity index is 1690. The molecule has 11 heteroatoms. The molecule has 39 heavy (non-hydrogen) atoms. The first-order chi connectivity index (χ1) is 18.7. The number of fused-ring (bicyclic) bond motifs is 3. The molecule has 0 saturated carbocycles. The number of thioether (sulfide) groups is 1. The maximum atomic E-state index is 12.9. The molecular formula is C28H31N7O3S. The largest absolute Gasteiger partial charge is 0.493 e. The van der Waals surface area contributed by atoms with Crippen molar-refractivity contribution in [3.05, 3.63) is 64.7 Å². The molecule has 0 atom stereocenters. The molecule has 0 radical (unpaired) electrons. The lowest BCUT2D eigenvalue weighted by Gasteiger charge is -2.11. The molecule has 5 aromatic rings. The van der Waals surface area contributed by atoms with Gasteiger partial charge < -0.3 is 14.8 Å². The molecule has 0 bridgehead atoms. The number of nitrogens with zero attached hydrogens (tertiary/aromatic N) is 6. The summed E-state index contributed by atoms with van der Waals surface area (Å²) in [7, 11) is 3.18. The Balaban J connectivity index is 1.47. The first-order valence-corrected chi connectivity index (χ1v) is 13.6. The maximum absolute atomic E-state index is 12.9. The number of carbonyl (C=O) groups excluding carboxylic acids is 1. The molecule has 0 aliphatic carbocycles. The molecule has 1 N–H and O–H groups in total. The normalized spacial score (nSPS) is 11.3. The van der Waals surface area contributed by atoms with E-state index in [2.05, 4.69) is 10.4 Å². The van der Waals surface area contributed by atoms with Gasteiger partial charge in [-0.25, -0.2) is 9.97 Å². The van der Waals surface area contributed by atoms with Gasteiger partial charge >= 0.3 is 0 Å². The van der Waals surface area contributed by atoms with Gasteiger partial charge in [0.15, 0.2) is 28.1 Å². The van der Waals surface area contributed by atoms with Crippen LogP contribution in [0.5, 0.6) is 11.5 Å². The monoisotopic (exact) mass is 545 g/mol. The lowest BCUT2D eigenvalue weighted by molar-refractivity contribution is -0.113. The number of benzene rings is 2. The standard InChI is InChI=1S/C28H31N7O3S/c1-16-7-8-21(17(2)11-16)29-26(36)15-39-28-30-22-14-24(38-6)23(37-5)13-20(22)27-31-25(33-35(27)28)9-10-34-19(4)12-18(3)32-34/h7-8,11-14H,9-10,15H2,1-6H3,(H,29,36). The number of aryl methyl sites for hydroxylation is 6. The van der Waals surface area contributed by atoms with E-state index in [1.165, 1.54) is 11.8 Å². The Morgan fingerprint density at radius 1 is 0.974 bits per heavy atom. The predicted octanol–water partition coefficient (Wildman–Crippen LogP) is 4.70. The second kappa shape index (κ2) is 10.9. The first-order valence-electron chi connectivity index (χ1n) is 12.6. The van der Waals surface area contributed by atoms with Gasteiger partial charge in [-0.3, -0.25) is 9.48 Å². The molecule has 10 nitrogen and oxygen atoms in total. The Morgan fingerprint density at radius 3 is 2.44 bits per heavy atom. The fourth-order valence-corrected chi connectivity index (χ4v) is 5.27. The molecule has 1 amide bonds. The molecule has 2 aromatic carbocycles. The van der Waals surface area contributed by atoms with E-state index >= 15 is 0 Å². The van der Waals surface area contributed by atoms with Gasteiger partial charge in [-0.2, -0.15) is 9.61 Å². The summed E-state index contributed by atoms with van der Waals surface area (Å²) in [6, 6.07) is 11.7. The minimum Gasteiger partial charge on any atom is -0.493 e. The fraction of sp³-hybridized carbons (Fsp3) is 0.321. The minimum absolute atomic E-state index is 0.126. The highest BCUT2D eigenvalue weighted by Crippen LogP contribution is 2.34. The number of ether oxygens (including phenoxy) is 2. The summed E-state index contributed by atoms with van der Waals surface area (Å²) in [6.07, 6.45) is 0.593. The van der Waals surface area contributed by atoms with E-state index in [1.807, 2.05) is 68.8 Å². The molecule has 202 valence electrons. The summed E-state index contributed by atoms with van der Waals surface area (Å²) in [5, 5.41) is 13.7. The number of hydrogen-bond acceptors (Lipinski definition) is 8. The van der Waals surface area contributed by atoms with Crippen LogP contribution in [0.25, 0.3) is 16.6 Å². The number of anilines is 1. The second-order valence-electron chi connectivity index (χ2n) is 9.44. The van der Waals surface area contributed by atoms with Crippen molar-refractivity contribution in [2.24, 2.45) is 0 Å². The Kier molecular flexibility index (Phi) is 7.42. The van der Waals surface area contributed by atoms with Crippen LogP contribution in [0.3, 0.4) is 0 Å². The molecule has 0 saturated heterocycles. The van der Waals surface area contributed by atoms with Gasteiger partial charge in [-0.15, -0.1) is 5.10 Å². The Labute approximate surface area is 230 Å². The quantitative estimate of drug-likeness (QED) is 0.210. The van der Waals surface area contributed by atoms with E-state index in [0.29, 0.717) is 46.6 Å². The van der Waals surface area contributed by atoms with Gasteiger partial charge in [-0.05, 0) is 51.5 Å². The minimum atomic E-state index is -0.126. The van der Waals surface area contributed by atoms with E-state index in [4.69, 9.17) is 24.5 Å². The molecule has 0 aliphatic heterocycles. The number of amides is 1. The third kappa shape index (κ3) is 5.53. The topological polar surface area (TPSA) is 108 Å². The number of carbonyl (C=O) groups is 1. The van der Waals surface area contributed by atoms with Crippen LogP contribution in [0.4, 0.5) is 5.69 Å². The zero-order chi connectivity index (χ0) is 27.7. The molecule has 0 aliphatic rings. The number of rotatable bonds is 9. The highest BCUT2D eigenvalue weighted by Gasteiger charge is 2.18. The van der Waals surface area contributed by atoms with Crippen molar-refractivity contribution in [3.63, 3.8) is 0 Å². The molecule has 0 unspecified atom stereocenters. The molecule has 3 aromatic heterocycles. The van der Waals surface area contributed by atoms with Crippen LogP contribution in [0.15, 0.2) is 41.6 Å². The number of hydrogen-bond donors (Lipinski definition) is 1. The smallest absolute Gasteiger partial charge is 0.234 e. The second-order valence-corrected chi connectivity index (χ2v) is 10.4. The predicted molar refractivity (Wildman–Crippen MR) is 152 cm³/mol. The van der Waals surface area contributed by atoms with Crippen LogP contribution in [0, 0.1) is 27.7 Å². The van der Waals surface area contributed by atoms with Crippen molar-refractivity contribution >= 4 is 39.9 Å². The van der Waals surface area contributed by atoms with Crippen molar-refractivity contribution in [3.8, 4) is 11.5 Å². The van der Waals surface area contributed by atoms with E-state index < -0.39 is 0 Å². The molecule has 3 heterocycles. The zero-order valence-corrected chi connectivity index (χ0v) is 23.7. The van der Waals surface area contributed by atoms with Crippen LogP contribution in [-0.4, -0.2) is 55.2 Å². The van der Waals surface area contributed by atoms with Crippen molar-refractivity contribution in [1.82, 2.24) is 29.4 Å². The van der Waals surface area contributed by atoms with Gasteiger partial charge in [0.25, 0.3) is 0 Å². The summed E-state index contributed by atoms with van der Waals surface area (Å²) in [4.78, 5) is 22.5. The van der Waals surface area contributed by atoms with Gasteiger partial charge in [0.2, 0.25) is 5.91 Å². The van der Waals surface area contributed by atoms with Crippen molar-refractivity contribution in [1.29, 1.82) is 0 Å². The number of aromatic nitrogens is 6. The highest BCUT2D eigenvalue weighted by atomic mass is 32.2. The number of nitrogens with one attached hydrogen (secondary N) is 1. The fourth-order valence-electron chi connectivity index (χ4n) is 4.53.